The third kappa shape index (κ3) is 4.94. The highest BCUT2D eigenvalue weighted by atomic mass is 35.5. The molecule has 5 heteroatoms. The second-order valence-corrected chi connectivity index (χ2v) is 5.96. The molecule has 3 rings (SSSR count). The molecule has 0 aliphatic rings. The van der Waals surface area contributed by atoms with Gasteiger partial charge in [0.25, 0.3) is 5.91 Å². The summed E-state index contributed by atoms with van der Waals surface area (Å²) in [4.78, 5) is 17.2. The van der Waals surface area contributed by atoms with Crippen molar-refractivity contribution in [2.75, 3.05) is 11.9 Å². The van der Waals surface area contributed by atoms with Crippen LogP contribution in [0, 0.1) is 0 Å². The fourth-order valence-electron chi connectivity index (χ4n) is 2.39. The Hall–Kier alpha value is -3.11. The Bertz CT molecular complexity index is 893. The van der Waals surface area contributed by atoms with Crippen LogP contribution in [0.3, 0.4) is 0 Å². The number of hydrogen-bond acceptors (Lipinski definition) is 3. The maximum absolute atomic E-state index is 12.1. The number of benzene rings is 3. The van der Waals surface area contributed by atoms with Crippen molar-refractivity contribution in [3.63, 3.8) is 0 Å². The van der Waals surface area contributed by atoms with Crippen molar-refractivity contribution in [3.05, 3.63) is 89.4 Å². The van der Waals surface area contributed by atoms with Crippen molar-refractivity contribution in [1.82, 2.24) is 0 Å². The van der Waals surface area contributed by atoms with Crippen molar-refractivity contribution in [3.8, 4) is 11.1 Å². The monoisotopic (exact) mass is 364 g/mol. The van der Waals surface area contributed by atoms with Crippen LogP contribution in [-0.2, 0) is 9.63 Å². The van der Waals surface area contributed by atoms with Crippen LogP contribution in [0.15, 0.2) is 84.0 Å². The van der Waals surface area contributed by atoms with Gasteiger partial charge in [-0.3, -0.25) is 4.79 Å². The molecule has 130 valence electrons. The topological polar surface area (TPSA) is 50.7 Å². The zero-order valence-electron chi connectivity index (χ0n) is 13.9. The molecule has 0 heterocycles. The minimum atomic E-state index is -0.276. The molecule has 4 nitrogen and oxygen atoms in total. The second kappa shape index (κ2) is 8.83. The zero-order valence-corrected chi connectivity index (χ0v) is 14.7. The van der Waals surface area contributed by atoms with Gasteiger partial charge >= 0.3 is 0 Å². The summed E-state index contributed by atoms with van der Waals surface area (Å²) in [5, 5.41) is 7.32. The van der Waals surface area contributed by atoms with Gasteiger partial charge in [-0.2, -0.15) is 0 Å². The average molecular weight is 365 g/mol. The summed E-state index contributed by atoms with van der Waals surface area (Å²) >= 11 is 5.82. The number of nitrogens with one attached hydrogen (secondary N) is 1. The Labute approximate surface area is 157 Å². The Balaban J connectivity index is 1.58. The minimum absolute atomic E-state index is 0.173. The highest BCUT2D eigenvalue weighted by Gasteiger charge is 2.08. The largest absolute Gasteiger partial charge is 0.386 e. The molecule has 0 saturated carbocycles. The predicted octanol–water partition coefficient (Wildman–Crippen LogP) is 5.00. The average Bonchev–Trinajstić information content (AvgIpc) is 2.68. The number of halogens is 1. The fourth-order valence-corrected chi connectivity index (χ4v) is 2.52. The van der Waals surface area contributed by atoms with E-state index in [1.807, 2.05) is 66.7 Å². The molecule has 0 aliphatic carbocycles. The highest BCUT2D eigenvalue weighted by Crippen LogP contribution is 2.27. The molecule has 0 aromatic heterocycles. The van der Waals surface area contributed by atoms with Crippen LogP contribution in [0.25, 0.3) is 11.1 Å². The summed E-state index contributed by atoms with van der Waals surface area (Å²) in [5.74, 6) is -0.276. The SMILES string of the molecule is O=C(CO/N=C/c1ccc(Cl)cc1)Nc1ccccc1-c1ccccc1. The number of carbonyl (C=O) groups is 1. The quantitative estimate of drug-likeness (QED) is 0.494. The molecule has 3 aromatic rings. The number of hydrogen-bond donors (Lipinski definition) is 1. The van der Waals surface area contributed by atoms with Crippen molar-refractivity contribution in [2.45, 2.75) is 0 Å². The summed E-state index contributed by atoms with van der Waals surface area (Å²) < 4.78 is 0. The number of carbonyl (C=O) groups excluding carboxylic acids is 1. The van der Waals surface area contributed by atoms with Crippen LogP contribution < -0.4 is 5.32 Å². The number of oxime groups is 1. The van der Waals surface area contributed by atoms with E-state index in [2.05, 4.69) is 10.5 Å². The molecule has 0 atom stereocenters. The molecule has 1 amide bonds. The molecule has 26 heavy (non-hydrogen) atoms. The van der Waals surface area contributed by atoms with E-state index in [0.717, 1.165) is 22.4 Å². The van der Waals surface area contributed by atoms with Crippen LogP contribution in [0.1, 0.15) is 5.56 Å². The van der Waals surface area contributed by atoms with Crippen LogP contribution in [-0.4, -0.2) is 18.7 Å². The van der Waals surface area contributed by atoms with Crippen LogP contribution in [0.2, 0.25) is 5.02 Å². The molecular formula is C21H17ClN2O2. The number of amides is 1. The van der Waals surface area contributed by atoms with E-state index in [9.17, 15) is 4.79 Å². The van der Waals surface area contributed by atoms with Gasteiger partial charge in [-0.05, 0) is 29.3 Å². The first-order valence-electron chi connectivity index (χ1n) is 8.07. The number of para-hydroxylation sites is 1. The fraction of sp³-hybridized carbons (Fsp3) is 0.0476. The molecule has 1 N–H and O–H groups in total. The number of rotatable bonds is 6. The smallest absolute Gasteiger partial charge is 0.265 e. The standard InChI is InChI=1S/C21H17ClN2O2/c22-18-12-10-16(11-13-18)14-23-26-15-21(25)24-20-9-5-4-8-19(20)17-6-2-1-3-7-17/h1-14H,15H2,(H,24,25)/b23-14+. The molecule has 0 aliphatic heterocycles. The lowest BCUT2D eigenvalue weighted by atomic mass is 10.0. The first-order chi connectivity index (χ1) is 12.7. The molecular weight excluding hydrogens is 348 g/mol. The van der Waals surface area contributed by atoms with Gasteiger partial charge in [0.15, 0.2) is 6.61 Å². The van der Waals surface area contributed by atoms with E-state index in [0.29, 0.717) is 5.02 Å². The van der Waals surface area contributed by atoms with Crippen LogP contribution in [0.4, 0.5) is 5.69 Å². The molecule has 3 aromatic carbocycles. The van der Waals surface area contributed by atoms with Gasteiger partial charge in [-0.1, -0.05) is 77.4 Å². The maximum Gasteiger partial charge on any atom is 0.265 e. The van der Waals surface area contributed by atoms with Crippen LogP contribution in [0.5, 0.6) is 0 Å². The Morgan fingerprint density at radius 2 is 1.65 bits per heavy atom. The highest BCUT2D eigenvalue weighted by molar-refractivity contribution is 6.30. The van der Waals surface area contributed by atoms with Crippen molar-refractivity contribution in [2.24, 2.45) is 5.16 Å². The van der Waals surface area contributed by atoms with E-state index >= 15 is 0 Å². The molecule has 0 fully saturated rings. The van der Waals surface area contributed by atoms with Gasteiger partial charge in [0.2, 0.25) is 0 Å². The van der Waals surface area contributed by atoms with Crippen molar-refractivity contribution < 1.29 is 9.63 Å². The summed E-state index contributed by atoms with van der Waals surface area (Å²) in [5.41, 5.74) is 3.55. The van der Waals surface area contributed by atoms with Gasteiger partial charge in [-0.25, -0.2) is 0 Å². The Morgan fingerprint density at radius 3 is 2.42 bits per heavy atom. The third-order valence-electron chi connectivity index (χ3n) is 3.63. The second-order valence-electron chi connectivity index (χ2n) is 5.52. The van der Waals surface area contributed by atoms with E-state index in [-0.39, 0.29) is 12.5 Å². The van der Waals surface area contributed by atoms with Crippen molar-refractivity contribution >= 4 is 29.4 Å². The summed E-state index contributed by atoms with van der Waals surface area (Å²) in [6.07, 6.45) is 1.53. The zero-order chi connectivity index (χ0) is 18.2. The molecule has 0 radical (unpaired) electrons. The summed E-state index contributed by atoms with van der Waals surface area (Å²) in [6.45, 7) is -0.173. The van der Waals surface area contributed by atoms with E-state index in [1.165, 1.54) is 6.21 Å². The van der Waals surface area contributed by atoms with Gasteiger partial charge < -0.3 is 10.2 Å². The molecule has 0 unspecified atom stereocenters. The Kier molecular flexibility index (Phi) is 6.01. The van der Waals surface area contributed by atoms with E-state index < -0.39 is 0 Å². The predicted molar refractivity (Wildman–Crippen MR) is 106 cm³/mol. The first kappa shape index (κ1) is 17.7. The molecule has 0 bridgehead atoms. The van der Waals surface area contributed by atoms with Gasteiger partial charge in [0.1, 0.15) is 0 Å². The first-order valence-corrected chi connectivity index (χ1v) is 8.45. The van der Waals surface area contributed by atoms with E-state index in [1.54, 1.807) is 12.1 Å². The van der Waals surface area contributed by atoms with Gasteiger partial charge in [0, 0.05) is 16.3 Å². The van der Waals surface area contributed by atoms with Crippen molar-refractivity contribution in [1.29, 1.82) is 0 Å². The van der Waals surface area contributed by atoms with Crippen LogP contribution >= 0.6 is 11.6 Å². The molecule has 0 spiro atoms. The lowest BCUT2D eigenvalue weighted by Gasteiger charge is -2.10. The van der Waals surface area contributed by atoms with E-state index in [4.69, 9.17) is 16.4 Å². The number of nitrogens with zero attached hydrogens (tertiary/aromatic N) is 1. The minimum Gasteiger partial charge on any atom is -0.386 e. The summed E-state index contributed by atoms with van der Waals surface area (Å²) in [7, 11) is 0. The Morgan fingerprint density at radius 1 is 0.962 bits per heavy atom. The lowest BCUT2D eigenvalue weighted by molar-refractivity contribution is -0.120. The third-order valence-corrected chi connectivity index (χ3v) is 3.88. The maximum atomic E-state index is 12.1. The number of anilines is 1. The normalized spacial score (nSPS) is 10.7. The summed E-state index contributed by atoms with van der Waals surface area (Å²) in [6, 6.07) is 24.6. The van der Waals surface area contributed by atoms with Gasteiger partial charge in [-0.15, -0.1) is 0 Å². The molecule has 0 saturated heterocycles. The lowest BCUT2D eigenvalue weighted by Crippen LogP contribution is -2.17. The van der Waals surface area contributed by atoms with Gasteiger partial charge in [0.05, 0.1) is 6.21 Å².